The van der Waals surface area contributed by atoms with Crippen LogP contribution < -0.4 is 5.73 Å². The molecule has 0 saturated heterocycles. The van der Waals surface area contributed by atoms with E-state index in [2.05, 4.69) is 18.2 Å². The minimum Gasteiger partial charge on any atom is -0.330 e. The van der Waals surface area contributed by atoms with Crippen LogP contribution in [0.1, 0.15) is 36.0 Å². The Labute approximate surface area is 98.0 Å². The molecule has 1 fully saturated rings. The normalized spacial score (nSPS) is 27.6. The van der Waals surface area contributed by atoms with Gasteiger partial charge in [-0.1, -0.05) is 18.2 Å². The molecule has 2 N–H and O–H groups in total. The molecule has 0 heterocycles. The van der Waals surface area contributed by atoms with Gasteiger partial charge < -0.3 is 5.73 Å². The molecule has 2 aliphatic rings. The average molecular weight is 215 g/mol. The molecule has 0 radical (unpaired) electrons. The van der Waals surface area contributed by atoms with Crippen LogP contribution in [0, 0.1) is 11.8 Å². The summed E-state index contributed by atoms with van der Waals surface area (Å²) in [5.41, 5.74) is 10.5. The summed E-state index contributed by atoms with van der Waals surface area (Å²) in [5.74, 6) is 1.66. The van der Waals surface area contributed by atoms with Gasteiger partial charge in [0.1, 0.15) is 0 Å². The van der Waals surface area contributed by atoms with Gasteiger partial charge in [0.15, 0.2) is 0 Å². The molecule has 16 heavy (non-hydrogen) atoms. The molecule has 0 spiro atoms. The average Bonchev–Trinajstić information content (AvgIpc) is 2.72. The zero-order valence-electron chi connectivity index (χ0n) is 9.91. The van der Waals surface area contributed by atoms with E-state index in [0.717, 1.165) is 18.4 Å². The zero-order valence-corrected chi connectivity index (χ0v) is 9.91. The first-order valence-corrected chi connectivity index (χ1v) is 6.67. The van der Waals surface area contributed by atoms with Crippen LogP contribution in [-0.2, 0) is 19.3 Å². The third-order valence-corrected chi connectivity index (χ3v) is 4.54. The summed E-state index contributed by atoms with van der Waals surface area (Å²) in [6, 6.07) is 7.15. The highest BCUT2D eigenvalue weighted by atomic mass is 14.6. The van der Waals surface area contributed by atoms with Crippen molar-refractivity contribution in [3.05, 3.63) is 34.9 Å². The first-order valence-electron chi connectivity index (χ1n) is 6.67. The molecular formula is C15H21N. The van der Waals surface area contributed by atoms with Crippen molar-refractivity contribution in [1.82, 2.24) is 0 Å². The number of fused-ring (bicyclic) bond motifs is 1. The van der Waals surface area contributed by atoms with Crippen molar-refractivity contribution in [2.45, 2.75) is 38.5 Å². The third-order valence-electron chi connectivity index (χ3n) is 4.54. The summed E-state index contributed by atoms with van der Waals surface area (Å²) in [7, 11) is 0. The smallest absolute Gasteiger partial charge is 0.00461 e. The Balaban J connectivity index is 1.71. The first-order chi connectivity index (χ1) is 7.86. The highest BCUT2D eigenvalue weighted by Gasteiger charge is 2.29. The lowest BCUT2D eigenvalue weighted by atomic mass is 9.71. The van der Waals surface area contributed by atoms with E-state index >= 15 is 0 Å². The van der Waals surface area contributed by atoms with Crippen molar-refractivity contribution < 1.29 is 0 Å². The molecule has 0 aromatic heterocycles. The highest BCUT2D eigenvalue weighted by Crippen LogP contribution is 2.36. The molecule has 0 amide bonds. The summed E-state index contributed by atoms with van der Waals surface area (Å²) in [5, 5.41) is 0. The van der Waals surface area contributed by atoms with Crippen LogP contribution in [0.4, 0.5) is 0 Å². The lowest BCUT2D eigenvalue weighted by Crippen LogP contribution is -2.33. The minimum atomic E-state index is 0.799. The van der Waals surface area contributed by atoms with Gasteiger partial charge in [0.05, 0.1) is 0 Å². The Bertz CT molecular complexity index is 381. The van der Waals surface area contributed by atoms with E-state index in [1.54, 1.807) is 16.7 Å². The van der Waals surface area contributed by atoms with Gasteiger partial charge in [-0.25, -0.2) is 0 Å². The second kappa shape index (κ2) is 4.21. The quantitative estimate of drug-likeness (QED) is 0.824. The maximum atomic E-state index is 5.77. The van der Waals surface area contributed by atoms with Crippen molar-refractivity contribution in [1.29, 1.82) is 0 Å². The largest absolute Gasteiger partial charge is 0.330 e. The van der Waals surface area contributed by atoms with Gasteiger partial charge in [-0.3, -0.25) is 0 Å². The predicted molar refractivity (Wildman–Crippen MR) is 67.4 cm³/mol. The molecule has 0 bridgehead atoms. The summed E-state index contributed by atoms with van der Waals surface area (Å²) < 4.78 is 0. The van der Waals surface area contributed by atoms with Gasteiger partial charge in [0.2, 0.25) is 0 Å². The second-order valence-corrected chi connectivity index (χ2v) is 5.49. The van der Waals surface area contributed by atoms with Crippen LogP contribution in [0.15, 0.2) is 18.2 Å². The van der Waals surface area contributed by atoms with Crippen LogP contribution in [-0.4, -0.2) is 6.54 Å². The zero-order chi connectivity index (χ0) is 11.0. The Hall–Kier alpha value is -0.820. The van der Waals surface area contributed by atoms with E-state index in [1.165, 1.54) is 38.5 Å². The summed E-state index contributed by atoms with van der Waals surface area (Å²) in [6.07, 6.45) is 7.95. The molecule has 3 rings (SSSR count). The molecule has 86 valence electrons. The predicted octanol–water partition coefficient (Wildman–Crippen LogP) is 2.70. The summed E-state index contributed by atoms with van der Waals surface area (Å²) >= 11 is 0. The molecule has 1 aromatic carbocycles. The van der Waals surface area contributed by atoms with Crippen LogP contribution in [0.2, 0.25) is 0 Å². The minimum absolute atomic E-state index is 0.799. The molecule has 1 saturated carbocycles. The van der Waals surface area contributed by atoms with E-state index in [-0.39, 0.29) is 0 Å². The maximum Gasteiger partial charge on any atom is -0.00461 e. The Morgan fingerprint density at radius 3 is 2.62 bits per heavy atom. The number of hydrogen-bond donors (Lipinski definition) is 1. The number of hydrogen-bond acceptors (Lipinski definition) is 1. The fraction of sp³-hybridized carbons (Fsp3) is 0.600. The van der Waals surface area contributed by atoms with Crippen molar-refractivity contribution in [3.8, 4) is 0 Å². The van der Waals surface area contributed by atoms with E-state index in [1.807, 2.05) is 0 Å². The van der Waals surface area contributed by atoms with Gasteiger partial charge in [0.25, 0.3) is 0 Å². The van der Waals surface area contributed by atoms with Crippen LogP contribution >= 0.6 is 0 Å². The van der Waals surface area contributed by atoms with Gasteiger partial charge >= 0.3 is 0 Å². The molecule has 0 aliphatic heterocycles. The number of nitrogens with two attached hydrogens (primary N) is 1. The van der Waals surface area contributed by atoms with Gasteiger partial charge in [-0.05, 0) is 73.6 Å². The second-order valence-electron chi connectivity index (χ2n) is 5.49. The molecule has 1 heteroatoms. The molecule has 1 nitrogen and oxygen atoms in total. The third kappa shape index (κ3) is 1.78. The topological polar surface area (TPSA) is 26.0 Å². The number of aryl methyl sites for hydroxylation is 2. The Kier molecular flexibility index (Phi) is 2.72. The number of benzene rings is 1. The molecular weight excluding hydrogens is 194 g/mol. The van der Waals surface area contributed by atoms with Crippen molar-refractivity contribution in [2.24, 2.45) is 17.6 Å². The first kappa shape index (κ1) is 10.3. The van der Waals surface area contributed by atoms with Crippen LogP contribution in [0.5, 0.6) is 0 Å². The fourth-order valence-corrected chi connectivity index (χ4v) is 3.27. The van der Waals surface area contributed by atoms with Gasteiger partial charge in [-0.2, -0.15) is 0 Å². The van der Waals surface area contributed by atoms with Crippen molar-refractivity contribution in [2.75, 3.05) is 6.54 Å². The number of rotatable bonds is 3. The lowest BCUT2D eigenvalue weighted by Gasteiger charge is -2.36. The standard InChI is InChI=1S/C15H21N/c16-10-15-7-6-14(15)9-11-4-5-12-2-1-3-13(12)8-11/h4-5,8,14-15H,1-3,6-7,9-10,16H2. The van der Waals surface area contributed by atoms with Crippen molar-refractivity contribution in [3.63, 3.8) is 0 Å². The molecule has 2 atom stereocenters. The van der Waals surface area contributed by atoms with E-state index in [4.69, 9.17) is 5.73 Å². The maximum absolute atomic E-state index is 5.77. The molecule has 1 aromatic rings. The molecule has 2 aliphatic carbocycles. The fourth-order valence-electron chi connectivity index (χ4n) is 3.27. The monoisotopic (exact) mass is 215 g/mol. The Morgan fingerprint density at radius 2 is 1.88 bits per heavy atom. The van der Waals surface area contributed by atoms with Crippen molar-refractivity contribution >= 4 is 0 Å². The lowest BCUT2D eigenvalue weighted by molar-refractivity contribution is 0.183. The van der Waals surface area contributed by atoms with E-state index < -0.39 is 0 Å². The highest BCUT2D eigenvalue weighted by molar-refractivity contribution is 5.35. The van der Waals surface area contributed by atoms with Crippen LogP contribution in [0.25, 0.3) is 0 Å². The SMILES string of the molecule is NCC1CCC1Cc1ccc2c(c1)CCC2. The van der Waals surface area contributed by atoms with E-state index in [9.17, 15) is 0 Å². The van der Waals surface area contributed by atoms with Gasteiger partial charge in [0, 0.05) is 0 Å². The Morgan fingerprint density at radius 1 is 1.06 bits per heavy atom. The van der Waals surface area contributed by atoms with E-state index in [0.29, 0.717) is 0 Å². The summed E-state index contributed by atoms with van der Waals surface area (Å²) in [4.78, 5) is 0. The van der Waals surface area contributed by atoms with Crippen LogP contribution in [0.3, 0.4) is 0 Å². The molecule has 2 unspecified atom stereocenters. The summed E-state index contributed by atoms with van der Waals surface area (Å²) in [6.45, 7) is 0.885. The van der Waals surface area contributed by atoms with Gasteiger partial charge in [-0.15, -0.1) is 0 Å².